The highest BCUT2D eigenvalue weighted by Gasteiger charge is 2.34. The maximum absolute atomic E-state index is 14.6. The van der Waals surface area contributed by atoms with Crippen LogP contribution in [0.5, 0.6) is 0 Å². The Balaban J connectivity index is 1.47. The quantitative estimate of drug-likeness (QED) is 0.128. The number of amides is 3. The SMILES string of the molecule is Cc1ccc(-c2ccc(S(=O)O)cc2)c2c1Sc1ncccc1CN[C@@H](C)C(=O)N[C@@H](CCCN)C(=O)N(C)[C@@H](Cc1c[nH]c3ccccc13)C(=O)NC2. The Morgan fingerprint density at radius 3 is 2.54 bits per heavy atom. The van der Waals surface area contributed by atoms with Gasteiger partial charge in [0.1, 0.15) is 17.1 Å². The zero-order chi connectivity index (χ0) is 38.4. The van der Waals surface area contributed by atoms with Crippen molar-refractivity contribution in [3.05, 3.63) is 107 Å². The molecule has 0 bridgehead atoms. The molecular formula is C40H45N7O5S2. The first-order valence-corrected chi connectivity index (χ1v) is 19.8. The molecule has 6 rings (SSSR count). The van der Waals surface area contributed by atoms with Crippen LogP contribution >= 0.6 is 11.8 Å². The van der Waals surface area contributed by atoms with Crippen molar-refractivity contribution < 1.29 is 23.1 Å². The number of aryl methyl sites for hydroxylation is 1. The topological polar surface area (TPSA) is 183 Å². The number of pyridine rings is 1. The lowest BCUT2D eigenvalue weighted by Gasteiger charge is -2.31. The maximum atomic E-state index is 14.6. The first kappa shape index (κ1) is 38.9. The van der Waals surface area contributed by atoms with E-state index < -0.39 is 35.1 Å². The number of nitrogens with one attached hydrogen (secondary N) is 4. The molecule has 12 nitrogen and oxygen atoms in total. The third kappa shape index (κ3) is 8.74. The largest absolute Gasteiger partial charge is 0.361 e. The lowest BCUT2D eigenvalue weighted by Crippen LogP contribution is -2.56. The minimum Gasteiger partial charge on any atom is -0.361 e. The molecule has 54 heavy (non-hydrogen) atoms. The number of nitrogens with two attached hydrogens (primary N) is 1. The van der Waals surface area contributed by atoms with Gasteiger partial charge in [0, 0.05) is 54.8 Å². The number of nitrogens with zero attached hydrogens (tertiary/aromatic N) is 2. The number of carbonyl (C=O) groups is 3. The third-order valence-electron chi connectivity index (χ3n) is 9.82. The van der Waals surface area contributed by atoms with Crippen LogP contribution in [-0.4, -0.2) is 73.1 Å². The number of hydrogen-bond acceptors (Lipinski definition) is 8. The van der Waals surface area contributed by atoms with Gasteiger partial charge in [-0.3, -0.25) is 14.4 Å². The van der Waals surface area contributed by atoms with Gasteiger partial charge in [-0.25, -0.2) is 9.19 Å². The summed E-state index contributed by atoms with van der Waals surface area (Å²) in [6, 6.07) is 19.9. The first-order chi connectivity index (χ1) is 26.0. The molecule has 7 N–H and O–H groups in total. The predicted molar refractivity (Wildman–Crippen MR) is 211 cm³/mol. The van der Waals surface area contributed by atoms with Crippen molar-refractivity contribution in [1.82, 2.24) is 30.8 Å². The Morgan fingerprint density at radius 1 is 1.00 bits per heavy atom. The van der Waals surface area contributed by atoms with E-state index in [4.69, 9.17) is 10.7 Å². The molecule has 0 spiro atoms. The molecule has 0 fully saturated rings. The highest BCUT2D eigenvalue weighted by molar-refractivity contribution is 7.99. The molecule has 1 aliphatic heterocycles. The molecule has 5 aromatic rings. The Kier molecular flexibility index (Phi) is 12.6. The molecular weight excluding hydrogens is 723 g/mol. The Morgan fingerprint density at radius 2 is 1.78 bits per heavy atom. The van der Waals surface area contributed by atoms with Crippen molar-refractivity contribution in [1.29, 1.82) is 0 Å². The van der Waals surface area contributed by atoms with E-state index in [1.807, 2.05) is 61.7 Å². The van der Waals surface area contributed by atoms with Gasteiger partial charge in [0.2, 0.25) is 17.7 Å². The van der Waals surface area contributed by atoms with Crippen LogP contribution < -0.4 is 21.7 Å². The highest BCUT2D eigenvalue weighted by atomic mass is 32.2. The van der Waals surface area contributed by atoms with E-state index in [1.165, 1.54) is 16.7 Å². The fraction of sp³-hybridized carbons (Fsp3) is 0.300. The second-order valence-corrected chi connectivity index (χ2v) is 15.4. The summed E-state index contributed by atoms with van der Waals surface area (Å²) in [4.78, 5) is 53.1. The van der Waals surface area contributed by atoms with E-state index in [2.05, 4.69) is 20.9 Å². The minimum atomic E-state index is -2.13. The Hall–Kier alpha value is -4.86. The molecule has 4 atom stereocenters. The van der Waals surface area contributed by atoms with Gasteiger partial charge in [-0.05, 0) is 90.9 Å². The average Bonchev–Trinajstić information content (AvgIpc) is 3.59. The van der Waals surface area contributed by atoms with Crippen molar-refractivity contribution >= 4 is 51.5 Å². The summed E-state index contributed by atoms with van der Waals surface area (Å²) in [6.07, 6.45) is 4.60. The van der Waals surface area contributed by atoms with Crippen LogP contribution in [0.2, 0.25) is 0 Å². The van der Waals surface area contributed by atoms with Crippen LogP contribution in [0.25, 0.3) is 22.0 Å². The number of benzene rings is 3. The Labute approximate surface area is 321 Å². The summed E-state index contributed by atoms with van der Waals surface area (Å²) in [5.41, 5.74) is 11.9. The van der Waals surface area contributed by atoms with Gasteiger partial charge in [-0.15, -0.1) is 0 Å². The summed E-state index contributed by atoms with van der Waals surface area (Å²) >= 11 is -0.661. The molecule has 282 valence electrons. The molecule has 3 aromatic carbocycles. The number of hydrogen-bond donors (Lipinski definition) is 6. The lowest BCUT2D eigenvalue weighted by molar-refractivity contribution is -0.142. The number of para-hydroxylation sites is 1. The molecule has 3 heterocycles. The monoisotopic (exact) mass is 767 g/mol. The number of carbonyl (C=O) groups excluding carboxylic acids is 3. The van der Waals surface area contributed by atoms with Crippen molar-refractivity contribution in [2.24, 2.45) is 5.73 Å². The van der Waals surface area contributed by atoms with E-state index >= 15 is 0 Å². The number of rotatable bonds is 7. The number of aromatic amines is 1. The molecule has 2 aromatic heterocycles. The van der Waals surface area contributed by atoms with Gasteiger partial charge in [-0.1, -0.05) is 60.3 Å². The minimum absolute atomic E-state index is 0.114. The van der Waals surface area contributed by atoms with Gasteiger partial charge in [-0.2, -0.15) is 0 Å². The lowest BCUT2D eigenvalue weighted by atomic mass is 9.97. The zero-order valence-electron chi connectivity index (χ0n) is 30.4. The molecule has 0 saturated carbocycles. The third-order valence-corrected chi connectivity index (χ3v) is 11.8. The van der Waals surface area contributed by atoms with Gasteiger partial charge >= 0.3 is 0 Å². The van der Waals surface area contributed by atoms with E-state index in [-0.39, 0.29) is 29.7 Å². The summed E-state index contributed by atoms with van der Waals surface area (Å²) < 4.78 is 21.4. The number of H-pyrrole nitrogens is 1. The van der Waals surface area contributed by atoms with Crippen LogP contribution in [0.1, 0.15) is 42.0 Å². The van der Waals surface area contributed by atoms with E-state index in [1.54, 1.807) is 44.4 Å². The smallest absolute Gasteiger partial charge is 0.245 e. The van der Waals surface area contributed by atoms with Gasteiger partial charge in [0.15, 0.2) is 11.1 Å². The molecule has 3 amide bonds. The normalized spacial score (nSPS) is 19.4. The first-order valence-electron chi connectivity index (χ1n) is 17.8. The molecule has 1 unspecified atom stereocenters. The highest BCUT2D eigenvalue weighted by Crippen LogP contribution is 2.39. The standard InChI is InChI=1S/C40H45N7O5S2/c1-24-12-17-30(26-13-15-29(16-14-26)54(51)52)32-23-45-38(49)35(20-28-22-44-33-10-5-4-9-31(28)33)47(3)40(50)34(11-6-18-41)46-37(48)25(2)43-21-27-8-7-19-42-39(27)53-36(24)32/h4-5,7-10,12-17,19,22,25,34-35,43-44H,6,11,18,20-21,23,41H2,1-3H3,(H,45,49)(H,46,48)(H,51,52)/t25-,34-,35-/m0/s1. The number of aromatic nitrogens is 2. The zero-order valence-corrected chi connectivity index (χ0v) is 32.1. The van der Waals surface area contributed by atoms with Crippen molar-refractivity contribution in [3.8, 4) is 11.1 Å². The number of fused-ring (bicyclic) bond motifs is 3. The van der Waals surface area contributed by atoms with Crippen LogP contribution in [0.4, 0.5) is 0 Å². The number of likely N-dealkylation sites (N-methyl/N-ethyl adjacent to an activating group) is 1. The maximum Gasteiger partial charge on any atom is 0.245 e. The van der Waals surface area contributed by atoms with Crippen LogP contribution in [0.3, 0.4) is 0 Å². The molecule has 1 aliphatic rings. The summed E-state index contributed by atoms with van der Waals surface area (Å²) in [5, 5.41) is 11.1. The van der Waals surface area contributed by atoms with Gasteiger partial charge < -0.3 is 36.1 Å². The van der Waals surface area contributed by atoms with Gasteiger partial charge in [0.25, 0.3) is 0 Å². The average molecular weight is 768 g/mol. The van der Waals surface area contributed by atoms with Gasteiger partial charge in [0.05, 0.1) is 10.9 Å². The fourth-order valence-corrected chi connectivity index (χ4v) is 8.15. The van der Waals surface area contributed by atoms with Crippen molar-refractivity contribution in [2.45, 2.75) is 79.1 Å². The summed E-state index contributed by atoms with van der Waals surface area (Å²) in [6.45, 7) is 4.53. The van der Waals surface area contributed by atoms with Crippen LogP contribution in [0.15, 0.2) is 100 Å². The van der Waals surface area contributed by atoms with Crippen LogP contribution in [-0.2, 0) is 45.0 Å². The molecule has 0 radical (unpaired) electrons. The Bertz CT molecular complexity index is 2170. The predicted octanol–water partition coefficient (Wildman–Crippen LogP) is 4.67. The molecule has 14 heteroatoms. The second-order valence-electron chi connectivity index (χ2n) is 13.4. The van der Waals surface area contributed by atoms with Crippen molar-refractivity contribution in [2.75, 3.05) is 13.6 Å². The van der Waals surface area contributed by atoms with Crippen LogP contribution in [0, 0.1) is 6.92 Å². The fourth-order valence-electron chi connectivity index (χ4n) is 6.67. The van der Waals surface area contributed by atoms with E-state index in [0.29, 0.717) is 25.9 Å². The van der Waals surface area contributed by atoms with E-state index in [9.17, 15) is 23.1 Å². The molecule has 0 aliphatic carbocycles. The van der Waals surface area contributed by atoms with Crippen molar-refractivity contribution in [3.63, 3.8) is 0 Å². The molecule has 0 saturated heterocycles. The summed E-state index contributed by atoms with van der Waals surface area (Å²) in [5.74, 6) is -1.11. The van der Waals surface area contributed by atoms with E-state index in [0.717, 1.165) is 54.2 Å². The summed E-state index contributed by atoms with van der Waals surface area (Å²) in [7, 11) is 1.60. The second kappa shape index (κ2) is 17.5.